The van der Waals surface area contributed by atoms with E-state index in [1.165, 1.54) is 12.1 Å². The van der Waals surface area contributed by atoms with Crippen molar-refractivity contribution in [2.24, 2.45) is 0 Å². The van der Waals surface area contributed by atoms with Gasteiger partial charge in [-0.05, 0) is 32.9 Å². The summed E-state index contributed by atoms with van der Waals surface area (Å²) in [5.41, 5.74) is -0.261. The standard InChI is InChI=1S/C14H19FN4O2/c1-14(2,3)19-8-10(6-12(19)20)17-13(21)18-11-5-4-9(15)7-16-11/h4-5,7,10H,6,8H2,1-3H3,(H2,16,17,18,21)/t10-/m1/s1. The van der Waals surface area contributed by atoms with Gasteiger partial charge < -0.3 is 10.2 Å². The van der Waals surface area contributed by atoms with Gasteiger partial charge in [0.25, 0.3) is 0 Å². The van der Waals surface area contributed by atoms with Gasteiger partial charge in [0, 0.05) is 18.5 Å². The Bertz CT molecular complexity index is 539. The number of likely N-dealkylation sites (tertiary alicyclic amines) is 1. The number of amides is 3. The lowest BCUT2D eigenvalue weighted by Gasteiger charge is -2.32. The summed E-state index contributed by atoms with van der Waals surface area (Å²) >= 11 is 0. The maximum Gasteiger partial charge on any atom is 0.320 e. The highest BCUT2D eigenvalue weighted by Gasteiger charge is 2.36. The van der Waals surface area contributed by atoms with E-state index in [0.29, 0.717) is 6.54 Å². The molecular weight excluding hydrogens is 275 g/mol. The van der Waals surface area contributed by atoms with Gasteiger partial charge in [-0.15, -0.1) is 0 Å². The zero-order valence-electron chi connectivity index (χ0n) is 12.3. The molecule has 1 fully saturated rings. The first-order valence-electron chi connectivity index (χ1n) is 6.75. The Morgan fingerprint density at radius 3 is 2.67 bits per heavy atom. The van der Waals surface area contributed by atoms with Gasteiger partial charge in [-0.25, -0.2) is 14.2 Å². The summed E-state index contributed by atoms with van der Waals surface area (Å²) in [5.74, 6) is -0.193. The van der Waals surface area contributed by atoms with Crippen LogP contribution < -0.4 is 10.6 Å². The fourth-order valence-corrected chi connectivity index (χ4v) is 2.24. The van der Waals surface area contributed by atoms with Gasteiger partial charge in [-0.2, -0.15) is 0 Å². The Balaban J connectivity index is 1.89. The topological polar surface area (TPSA) is 74.3 Å². The number of aromatic nitrogens is 1. The smallest absolute Gasteiger partial charge is 0.320 e. The van der Waals surface area contributed by atoms with Crippen LogP contribution in [0, 0.1) is 5.82 Å². The average Bonchev–Trinajstić information content (AvgIpc) is 2.73. The Kier molecular flexibility index (Phi) is 4.11. The summed E-state index contributed by atoms with van der Waals surface area (Å²) in [7, 11) is 0. The van der Waals surface area contributed by atoms with Crippen molar-refractivity contribution in [2.45, 2.75) is 38.8 Å². The molecule has 0 aromatic carbocycles. The van der Waals surface area contributed by atoms with Gasteiger partial charge in [-0.1, -0.05) is 0 Å². The van der Waals surface area contributed by atoms with Gasteiger partial charge in [0.05, 0.1) is 12.2 Å². The normalized spacial score (nSPS) is 18.8. The third-order valence-electron chi connectivity index (χ3n) is 3.24. The molecule has 0 bridgehead atoms. The first-order valence-corrected chi connectivity index (χ1v) is 6.75. The fourth-order valence-electron chi connectivity index (χ4n) is 2.24. The minimum Gasteiger partial charge on any atom is -0.336 e. The average molecular weight is 294 g/mol. The molecule has 114 valence electrons. The molecule has 1 aromatic heterocycles. The molecule has 0 unspecified atom stereocenters. The molecule has 3 amide bonds. The second kappa shape index (κ2) is 5.67. The Hall–Kier alpha value is -2.18. The molecule has 1 saturated heterocycles. The van der Waals surface area contributed by atoms with Crippen LogP contribution in [0.4, 0.5) is 15.0 Å². The predicted molar refractivity (Wildman–Crippen MR) is 76.2 cm³/mol. The molecule has 0 saturated carbocycles. The van der Waals surface area contributed by atoms with Crippen LogP contribution in [0.5, 0.6) is 0 Å². The van der Waals surface area contributed by atoms with Crippen molar-refractivity contribution in [3.63, 3.8) is 0 Å². The van der Waals surface area contributed by atoms with Crippen LogP contribution in [-0.2, 0) is 4.79 Å². The van der Waals surface area contributed by atoms with Crippen LogP contribution in [0.2, 0.25) is 0 Å². The number of halogens is 1. The third kappa shape index (κ3) is 3.90. The molecule has 2 N–H and O–H groups in total. The SMILES string of the molecule is CC(C)(C)N1C[C@H](NC(=O)Nc2ccc(F)cn2)CC1=O. The van der Waals surface area contributed by atoms with E-state index in [4.69, 9.17) is 0 Å². The number of hydrogen-bond acceptors (Lipinski definition) is 3. The van der Waals surface area contributed by atoms with Crippen LogP contribution >= 0.6 is 0 Å². The number of nitrogens with one attached hydrogen (secondary N) is 2. The Morgan fingerprint density at radius 1 is 1.43 bits per heavy atom. The number of hydrogen-bond donors (Lipinski definition) is 2. The molecule has 0 radical (unpaired) electrons. The minimum absolute atomic E-state index is 0.0210. The fraction of sp³-hybridized carbons (Fsp3) is 0.500. The van der Waals surface area contributed by atoms with Gasteiger partial charge in [0.1, 0.15) is 11.6 Å². The van der Waals surface area contributed by atoms with Gasteiger partial charge in [0.15, 0.2) is 0 Å². The number of rotatable bonds is 2. The van der Waals surface area contributed by atoms with E-state index in [-0.39, 0.29) is 29.7 Å². The van der Waals surface area contributed by atoms with E-state index in [1.807, 2.05) is 20.8 Å². The summed E-state index contributed by atoms with van der Waals surface area (Å²) in [6.07, 6.45) is 1.30. The molecule has 0 spiro atoms. The van der Waals surface area contributed by atoms with Gasteiger partial charge in [0.2, 0.25) is 5.91 Å². The Labute approximate surface area is 122 Å². The number of carbonyl (C=O) groups is 2. The molecule has 1 aliphatic heterocycles. The summed E-state index contributed by atoms with van der Waals surface area (Å²) in [4.78, 5) is 29.2. The van der Waals surface area contributed by atoms with Crippen LogP contribution in [0.25, 0.3) is 0 Å². The number of urea groups is 1. The lowest BCUT2D eigenvalue weighted by molar-refractivity contribution is -0.131. The first kappa shape index (κ1) is 15.2. The van der Waals surface area contributed by atoms with Crippen LogP contribution in [-0.4, -0.2) is 39.9 Å². The highest BCUT2D eigenvalue weighted by Crippen LogP contribution is 2.21. The monoisotopic (exact) mass is 294 g/mol. The molecule has 1 aliphatic rings. The summed E-state index contributed by atoms with van der Waals surface area (Å²) < 4.78 is 12.7. The lowest BCUT2D eigenvalue weighted by atomic mass is 10.1. The van der Waals surface area contributed by atoms with Crippen LogP contribution in [0.15, 0.2) is 18.3 Å². The predicted octanol–water partition coefficient (Wildman–Crippen LogP) is 1.74. The van der Waals surface area contributed by atoms with Gasteiger partial charge in [-0.3, -0.25) is 10.1 Å². The Morgan fingerprint density at radius 2 is 2.14 bits per heavy atom. The second-order valence-electron chi connectivity index (χ2n) is 6.04. The summed E-state index contributed by atoms with van der Waals surface area (Å²) in [6.45, 7) is 6.34. The van der Waals surface area contributed by atoms with Crippen molar-refractivity contribution in [3.05, 3.63) is 24.1 Å². The molecule has 6 nitrogen and oxygen atoms in total. The summed E-state index contributed by atoms with van der Waals surface area (Å²) in [6, 6.07) is 1.89. The molecule has 7 heteroatoms. The van der Waals surface area contributed by atoms with Crippen LogP contribution in [0.1, 0.15) is 27.2 Å². The number of pyridine rings is 1. The zero-order valence-corrected chi connectivity index (χ0v) is 12.3. The number of nitrogens with zero attached hydrogens (tertiary/aromatic N) is 2. The van der Waals surface area contributed by atoms with E-state index < -0.39 is 11.8 Å². The van der Waals surface area contributed by atoms with Crippen molar-refractivity contribution < 1.29 is 14.0 Å². The molecule has 0 aliphatic carbocycles. The number of carbonyl (C=O) groups excluding carboxylic acids is 2. The minimum atomic E-state index is -0.469. The van der Waals surface area contributed by atoms with Crippen molar-refractivity contribution in [1.29, 1.82) is 0 Å². The maximum atomic E-state index is 12.7. The van der Waals surface area contributed by atoms with Crippen molar-refractivity contribution >= 4 is 17.8 Å². The molecule has 1 aromatic rings. The molecular formula is C14H19FN4O2. The molecule has 2 heterocycles. The zero-order chi connectivity index (χ0) is 15.6. The lowest BCUT2D eigenvalue weighted by Crippen LogP contribution is -2.45. The first-order chi connectivity index (χ1) is 9.75. The number of anilines is 1. The van der Waals surface area contributed by atoms with Crippen molar-refractivity contribution in [3.8, 4) is 0 Å². The highest BCUT2D eigenvalue weighted by molar-refractivity contribution is 5.89. The highest BCUT2D eigenvalue weighted by atomic mass is 19.1. The quantitative estimate of drug-likeness (QED) is 0.872. The third-order valence-corrected chi connectivity index (χ3v) is 3.24. The van der Waals surface area contributed by atoms with E-state index in [0.717, 1.165) is 6.20 Å². The van der Waals surface area contributed by atoms with E-state index in [1.54, 1.807) is 4.90 Å². The van der Waals surface area contributed by atoms with E-state index in [2.05, 4.69) is 15.6 Å². The molecule has 1 atom stereocenters. The molecule has 21 heavy (non-hydrogen) atoms. The summed E-state index contributed by atoms with van der Waals surface area (Å²) in [5, 5.41) is 5.23. The van der Waals surface area contributed by atoms with E-state index >= 15 is 0 Å². The van der Waals surface area contributed by atoms with Crippen LogP contribution in [0.3, 0.4) is 0 Å². The van der Waals surface area contributed by atoms with E-state index in [9.17, 15) is 14.0 Å². The molecule has 2 rings (SSSR count). The maximum absolute atomic E-state index is 12.7. The van der Waals surface area contributed by atoms with Crippen molar-refractivity contribution in [1.82, 2.24) is 15.2 Å². The largest absolute Gasteiger partial charge is 0.336 e. The van der Waals surface area contributed by atoms with Crippen molar-refractivity contribution in [2.75, 3.05) is 11.9 Å². The second-order valence-corrected chi connectivity index (χ2v) is 6.04. The van der Waals surface area contributed by atoms with Gasteiger partial charge >= 0.3 is 6.03 Å².